The van der Waals surface area contributed by atoms with Gasteiger partial charge in [-0.25, -0.2) is 0 Å². The molecule has 1 aromatic carbocycles. The third-order valence-electron chi connectivity index (χ3n) is 2.14. The molecule has 14 heavy (non-hydrogen) atoms. The van der Waals surface area contributed by atoms with Crippen LogP contribution in [0, 0.1) is 0 Å². The van der Waals surface area contributed by atoms with Gasteiger partial charge in [0.1, 0.15) is 0 Å². The van der Waals surface area contributed by atoms with Gasteiger partial charge in [0.15, 0.2) is 0 Å². The average Bonchev–Trinajstić information content (AvgIpc) is 2.18. The monoisotopic (exact) mass is 244 g/mol. The van der Waals surface area contributed by atoms with Crippen molar-refractivity contribution in [3.8, 4) is 0 Å². The van der Waals surface area contributed by atoms with Gasteiger partial charge in [0.05, 0.1) is 0 Å². The van der Waals surface area contributed by atoms with Crippen LogP contribution in [0.3, 0.4) is 0 Å². The molecule has 0 N–H and O–H groups in total. The Morgan fingerprint density at radius 2 is 2.00 bits per heavy atom. The Morgan fingerprint density at radius 1 is 1.29 bits per heavy atom. The molecule has 0 unspecified atom stereocenters. The molecule has 0 atom stereocenters. The fraction of sp³-hybridized carbons (Fsp3) is 0.273. The fourth-order valence-electron chi connectivity index (χ4n) is 1.41. The van der Waals surface area contributed by atoms with Crippen molar-refractivity contribution in [3.63, 3.8) is 0 Å². The minimum absolute atomic E-state index is 0.981. The second kappa shape index (κ2) is 6.28. The van der Waals surface area contributed by atoms with Crippen LogP contribution in [0.1, 0.15) is 17.5 Å². The van der Waals surface area contributed by atoms with Crippen LogP contribution >= 0.6 is 22.2 Å². The van der Waals surface area contributed by atoms with Gasteiger partial charge in [0.2, 0.25) is 7.42 Å². The molecule has 0 spiro atoms. The zero-order chi connectivity index (χ0) is 10.4. The van der Waals surface area contributed by atoms with Crippen LogP contribution in [-0.2, 0) is 6.42 Å². The maximum atomic E-state index is 5.80. The summed E-state index contributed by atoms with van der Waals surface area (Å²) in [5.41, 5.74) is 2.56. The lowest BCUT2D eigenvalue weighted by Gasteiger charge is -2.05. The molecule has 0 fully saturated rings. The van der Waals surface area contributed by atoms with Crippen molar-refractivity contribution in [2.75, 3.05) is 0 Å². The van der Waals surface area contributed by atoms with Crippen molar-refractivity contribution in [1.82, 2.24) is 0 Å². The van der Waals surface area contributed by atoms with Crippen molar-refractivity contribution in [1.29, 1.82) is 0 Å². The first-order chi connectivity index (χ1) is 6.74. The van der Waals surface area contributed by atoms with E-state index in [0.717, 1.165) is 18.9 Å². The number of hydrogen-bond acceptors (Lipinski definition) is 0. The summed E-state index contributed by atoms with van der Waals surface area (Å²) in [5, 5.41) is 0. The number of halogens is 2. The quantitative estimate of drug-likeness (QED) is 0.544. The van der Waals surface area contributed by atoms with Gasteiger partial charge in [-0.05, 0) is 30.0 Å². The van der Waals surface area contributed by atoms with E-state index in [2.05, 4.69) is 24.8 Å². The molecule has 1 rings (SSSR count). The average molecular weight is 245 g/mol. The molecule has 0 saturated heterocycles. The zero-order valence-corrected chi connectivity index (χ0v) is 10.7. The van der Waals surface area contributed by atoms with E-state index in [9.17, 15) is 0 Å². The molecule has 0 bridgehead atoms. The predicted octanol–water partition coefficient (Wildman–Crippen LogP) is 3.96. The Balaban J connectivity index is 2.53. The molecule has 0 amide bonds. The largest absolute Gasteiger partial charge is 0.237 e. The van der Waals surface area contributed by atoms with Crippen molar-refractivity contribution < 1.29 is 0 Å². The highest BCUT2D eigenvalue weighted by molar-refractivity contribution is 7.33. The lowest BCUT2D eigenvalue weighted by atomic mass is 10.0. The summed E-state index contributed by atoms with van der Waals surface area (Å²) in [6.07, 6.45) is 4.02. The number of benzene rings is 1. The summed E-state index contributed by atoms with van der Waals surface area (Å²) >= 11 is 11.6. The highest BCUT2D eigenvalue weighted by atomic mass is 35.7. The van der Waals surface area contributed by atoms with Crippen LogP contribution in [0.4, 0.5) is 0 Å². The van der Waals surface area contributed by atoms with Gasteiger partial charge >= 0.3 is 0 Å². The Hall–Kier alpha value is -0.243. The molecule has 0 aromatic heterocycles. The molecular weight excluding hydrogens is 231 g/mol. The highest BCUT2D eigenvalue weighted by Crippen LogP contribution is 2.15. The summed E-state index contributed by atoms with van der Waals surface area (Å²) in [6.45, 7) is 3.79. The van der Waals surface area contributed by atoms with Crippen LogP contribution in [0.2, 0.25) is 6.04 Å². The molecule has 3 heteroatoms. The van der Waals surface area contributed by atoms with Gasteiger partial charge in [-0.2, -0.15) is 22.2 Å². The molecule has 0 aliphatic heterocycles. The van der Waals surface area contributed by atoms with Gasteiger partial charge in [-0.15, -0.1) is 0 Å². The first-order valence-corrected chi connectivity index (χ1v) is 9.03. The van der Waals surface area contributed by atoms with E-state index in [4.69, 9.17) is 22.2 Å². The van der Waals surface area contributed by atoms with Crippen LogP contribution in [-0.4, -0.2) is 7.42 Å². The minimum atomic E-state index is -1.42. The lowest BCUT2D eigenvalue weighted by Crippen LogP contribution is -1.95. The first kappa shape index (κ1) is 11.8. The molecule has 0 saturated carbocycles. The topological polar surface area (TPSA) is 0 Å². The number of rotatable bonds is 5. The Morgan fingerprint density at radius 3 is 2.64 bits per heavy atom. The lowest BCUT2D eigenvalue weighted by molar-refractivity contribution is 0.914. The maximum absolute atomic E-state index is 5.80. The third-order valence-corrected chi connectivity index (χ3v) is 4.30. The van der Waals surface area contributed by atoms with E-state index < -0.39 is 7.42 Å². The van der Waals surface area contributed by atoms with E-state index in [1.807, 2.05) is 12.1 Å². The van der Waals surface area contributed by atoms with E-state index in [-0.39, 0.29) is 0 Å². The molecule has 0 heterocycles. The summed E-state index contributed by atoms with van der Waals surface area (Å²) in [4.78, 5) is 0. The van der Waals surface area contributed by atoms with E-state index >= 15 is 0 Å². The molecule has 1 aromatic rings. The van der Waals surface area contributed by atoms with Crippen molar-refractivity contribution in [3.05, 3.63) is 42.0 Å². The Kier molecular flexibility index (Phi) is 5.31. The van der Waals surface area contributed by atoms with Gasteiger partial charge in [-0.3, -0.25) is 0 Å². The van der Waals surface area contributed by atoms with E-state index in [0.29, 0.717) is 0 Å². The summed E-state index contributed by atoms with van der Waals surface area (Å²) in [6, 6.07) is 9.28. The van der Waals surface area contributed by atoms with Crippen LogP contribution in [0.5, 0.6) is 0 Å². The molecular formula is C11H14Cl2Si. The number of aryl methyl sites for hydroxylation is 1. The van der Waals surface area contributed by atoms with Gasteiger partial charge in [-0.1, -0.05) is 36.9 Å². The van der Waals surface area contributed by atoms with Crippen LogP contribution in [0.25, 0.3) is 6.08 Å². The fourth-order valence-corrected chi connectivity index (χ4v) is 2.85. The van der Waals surface area contributed by atoms with Crippen LogP contribution < -0.4 is 0 Å². The highest BCUT2D eigenvalue weighted by Gasteiger charge is 2.03. The first-order valence-electron chi connectivity index (χ1n) is 4.72. The Labute approximate surface area is 96.6 Å². The predicted molar refractivity (Wildman–Crippen MR) is 68.5 cm³/mol. The second-order valence-electron chi connectivity index (χ2n) is 3.19. The SMILES string of the molecule is C=Cc1ccccc1CCC[SiH](Cl)Cl. The van der Waals surface area contributed by atoms with Gasteiger partial charge < -0.3 is 0 Å². The zero-order valence-electron chi connectivity index (χ0n) is 8.05. The second-order valence-corrected chi connectivity index (χ2v) is 8.38. The van der Waals surface area contributed by atoms with E-state index in [1.54, 1.807) is 0 Å². The molecule has 0 radical (unpaired) electrons. The maximum Gasteiger partial charge on any atom is 0.237 e. The Bertz CT molecular complexity index is 297. The molecule has 0 nitrogen and oxygen atoms in total. The molecule has 76 valence electrons. The molecule has 0 aliphatic rings. The third kappa shape index (κ3) is 3.87. The van der Waals surface area contributed by atoms with Crippen molar-refractivity contribution >= 4 is 35.7 Å². The standard InChI is InChI=1S/C11H14Cl2Si/c1-2-10-6-3-4-7-11(10)8-5-9-14(12)13/h2-4,6-7,14H,1,5,8-9H2. The number of hydrogen-bond donors (Lipinski definition) is 0. The van der Waals surface area contributed by atoms with E-state index in [1.165, 1.54) is 11.1 Å². The van der Waals surface area contributed by atoms with Crippen LogP contribution in [0.15, 0.2) is 30.8 Å². The van der Waals surface area contributed by atoms with Gasteiger partial charge in [0, 0.05) is 0 Å². The minimum Gasteiger partial charge on any atom is -0.150 e. The molecule has 0 aliphatic carbocycles. The van der Waals surface area contributed by atoms with Crippen molar-refractivity contribution in [2.45, 2.75) is 18.9 Å². The smallest absolute Gasteiger partial charge is 0.150 e. The summed E-state index contributed by atoms with van der Waals surface area (Å²) < 4.78 is 0. The summed E-state index contributed by atoms with van der Waals surface area (Å²) in [5.74, 6) is 0. The van der Waals surface area contributed by atoms with Crippen molar-refractivity contribution in [2.24, 2.45) is 0 Å². The van der Waals surface area contributed by atoms with Gasteiger partial charge in [0.25, 0.3) is 0 Å². The summed E-state index contributed by atoms with van der Waals surface area (Å²) in [7, 11) is -1.42. The normalized spacial score (nSPS) is 10.5.